The number of rotatable bonds is 10. The number of nitrogens with zero attached hydrogens (tertiary/aromatic N) is 1. The molecule has 0 heterocycles. The molecule has 5 nitrogen and oxygen atoms in total. The van der Waals surface area contributed by atoms with E-state index in [9.17, 15) is 9.00 Å². The third kappa shape index (κ3) is 9.38. The van der Waals surface area contributed by atoms with Gasteiger partial charge in [0.15, 0.2) is 0 Å². The first-order chi connectivity index (χ1) is 17.0. The third-order valence-corrected chi connectivity index (χ3v) is 8.22. The zero-order valence-corrected chi connectivity index (χ0v) is 26.0. The van der Waals surface area contributed by atoms with Crippen LogP contribution in [-0.4, -0.2) is 32.1 Å². The normalized spacial score (nSPS) is 15.4. The fourth-order valence-electron chi connectivity index (χ4n) is 4.08. The number of amides is 1. The SMILES string of the molecule is C=C(C)CC(CCN(C(=O)OC(C)(C)C)[C@@H](C)c1ccc(Br)cc1)(N[S@](=O)C(C)(C)C)c1ccccc1. The standard InChI is InChI=1S/C30H43BrN2O3S/c1-22(2)21-30(25-13-11-10-12-14-25,32-37(35)29(7,8)9)19-20-33(27(34)36-28(4,5)6)23(3)24-15-17-26(31)18-16-24/h10-18,23,32H,1,19-21H2,2-9H3/t23-,30?,37+/m0/s1. The lowest BCUT2D eigenvalue weighted by Gasteiger charge is -2.40. The van der Waals surface area contributed by atoms with Crippen LogP contribution in [0.2, 0.25) is 0 Å². The van der Waals surface area contributed by atoms with E-state index in [1.165, 1.54) is 0 Å². The first-order valence-corrected chi connectivity index (χ1v) is 14.6. The molecule has 0 radical (unpaired) electrons. The van der Waals surface area contributed by atoms with Crippen LogP contribution in [0.5, 0.6) is 0 Å². The Morgan fingerprint density at radius 2 is 1.62 bits per heavy atom. The van der Waals surface area contributed by atoms with Gasteiger partial charge in [0.25, 0.3) is 0 Å². The molecule has 2 aromatic carbocycles. The fourth-order valence-corrected chi connectivity index (χ4v) is 5.30. The quantitative estimate of drug-likeness (QED) is 0.285. The molecular formula is C30H43BrN2O3S. The topological polar surface area (TPSA) is 58.6 Å². The van der Waals surface area contributed by atoms with E-state index in [-0.39, 0.29) is 12.1 Å². The molecule has 2 aromatic rings. The van der Waals surface area contributed by atoms with Crippen LogP contribution in [0.3, 0.4) is 0 Å². The Labute approximate surface area is 234 Å². The predicted molar refractivity (Wildman–Crippen MR) is 159 cm³/mol. The van der Waals surface area contributed by atoms with Crippen LogP contribution in [0.15, 0.2) is 71.2 Å². The van der Waals surface area contributed by atoms with E-state index in [1.54, 1.807) is 4.90 Å². The molecule has 7 heteroatoms. The van der Waals surface area contributed by atoms with Gasteiger partial charge in [0, 0.05) is 11.0 Å². The summed E-state index contributed by atoms with van der Waals surface area (Å²) in [5.74, 6) is 0. The van der Waals surface area contributed by atoms with Crippen molar-refractivity contribution in [3.63, 3.8) is 0 Å². The van der Waals surface area contributed by atoms with Crippen molar-refractivity contribution in [1.29, 1.82) is 0 Å². The van der Waals surface area contributed by atoms with E-state index in [0.717, 1.165) is 21.2 Å². The number of ether oxygens (including phenoxy) is 1. The number of hydrogen-bond donors (Lipinski definition) is 1. The van der Waals surface area contributed by atoms with Gasteiger partial charge in [-0.3, -0.25) is 0 Å². The van der Waals surface area contributed by atoms with E-state index in [1.807, 2.05) is 110 Å². The Kier molecular flexibility index (Phi) is 10.8. The second-order valence-electron chi connectivity index (χ2n) is 11.7. The maximum absolute atomic E-state index is 13.5. The Balaban J connectivity index is 2.53. The molecule has 0 aliphatic rings. The molecule has 37 heavy (non-hydrogen) atoms. The highest BCUT2D eigenvalue weighted by atomic mass is 79.9. The molecule has 0 saturated carbocycles. The molecule has 1 unspecified atom stereocenters. The predicted octanol–water partition coefficient (Wildman–Crippen LogP) is 8.05. The highest BCUT2D eigenvalue weighted by Gasteiger charge is 2.38. The lowest BCUT2D eigenvalue weighted by molar-refractivity contribution is 0.0155. The summed E-state index contributed by atoms with van der Waals surface area (Å²) in [5.41, 5.74) is 1.66. The largest absolute Gasteiger partial charge is 0.444 e. The Morgan fingerprint density at radius 1 is 1.05 bits per heavy atom. The van der Waals surface area contributed by atoms with Crippen molar-refractivity contribution in [2.75, 3.05) is 6.54 Å². The van der Waals surface area contributed by atoms with Crippen LogP contribution < -0.4 is 4.72 Å². The molecule has 1 N–H and O–H groups in total. The molecule has 204 valence electrons. The van der Waals surface area contributed by atoms with Gasteiger partial charge in [-0.25, -0.2) is 13.7 Å². The van der Waals surface area contributed by atoms with Crippen LogP contribution in [0.25, 0.3) is 0 Å². The summed E-state index contributed by atoms with van der Waals surface area (Å²) < 4.78 is 23.3. The Hall–Kier alpha value is -1.96. The van der Waals surface area contributed by atoms with Crippen molar-refractivity contribution in [2.24, 2.45) is 0 Å². The molecular weight excluding hydrogens is 548 g/mol. The van der Waals surface area contributed by atoms with Crippen molar-refractivity contribution >= 4 is 33.0 Å². The highest BCUT2D eigenvalue weighted by molar-refractivity contribution is 9.10. The Morgan fingerprint density at radius 3 is 2.11 bits per heavy atom. The number of nitrogens with one attached hydrogen (secondary N) is 1. The molecule has 0 saturated heterocycles. The molecule has 0 spiro atoms. The molecule has 0 bridgehead atoms. The zero-order chi connectivity index (χ0) is 28.0. The molecule has 1 amide bonds. The number of carbonyl (C=O) groups excluding carboxylic acids is 1. The van der Waals surface area contributed by atoms with Crippen molar-refractivity contribution in [3.05, 3.63) is 82.3 Å². The van der Waals surface area contributed by atoms with E-state index in [4.69, 9.17) is 4.74 Å². The summed E-state index contributed by atoms with van der Waals surface area (Å²) in [7, 11) is -1.35. The van der Waals surface area contributed by atoms with Crippen LogP contribution >= 0.6 is 15.9 Å². The molecule has 0 aliphatic heterocycles. The van der Waals surface area contributed by atoms with Crippen molar-refractivity contribution in [1.82, 2.24) is 9.62 Å². The Bertz CT molecular complexity index is 1070. The lowest BCUT2D eigenvalue weighted by Crippen LogP contribution is -2.50. The molecule has 3 atom stereocenters. The van der Waals surface area contributed by atoms with Gasteiger partial charge in [0.05, 0.1) is 27.3 Å². The number of hydrogen-bond acceptors (Lipinski definition) is 3. The summed E-state index contributed by atoms with van der Waals surface area (Å²) in [6, 6.07) is 17.8. The fraction of sp³-hybridized carbons (Fsp3) is 0.500. The van der Waals surface area contributed by atoms with Gasteiger partial charge in [0.2, 0.25) is 0 Å². The van der Waals surface area contributed by atoms with Crippen LogP contribution in [-0.2, 0) is 21.3 Å². The molecule has 0 fully saturated rings. The van der Waals surface area contributed by atoms with Gasteiger partial charge in [-0.05, 0) is 91.5 Å². The monoisotopic (exact) mass is 590 g/mol. The minimum Gasteiger partial charge on any atom is -0.444 e. The van der Waals surface area contributed by atoms with Gasteiger partial charge in [-0.2, -0.15) is 0 Å². The summed E-state index contributed by atoms with van der Waals surface area (Å²) in [4.78, 5) is 15.3. The maximum atomic E-state index is 13.5. The van der Waals surface area contributed by atoms with Gasteiger partial charge in [-0.1, -0.05) is 64.0 Å². The van der Waals surface area contributed by atoms with Gasteiger partial charge < -0.3 is 9.64 Å². The number of halogens is 1. The van der Waals surface area contributed by atoms with E-state index < -0.39 is 26.9 Å². The summed E-state index contributed by atoms with van der Waals surface area (Å²) in [6.45, 7) is 20.0. The minimum absolute atomic E-state index is 0.227. The first kappa shape index (κ1) is 31.3. The minimum atomic E-state index is -1.35. The smallest absolute Gasteiger partial charge is 0.410 e. The molecule has 2 rings (SSSR count). The second-order valence-corrected chi connectivity index (χ2v) is 14.6. The van der Waals surface area contributed by atoms with Crippen molar-refractivity contribution in [3.8, 4) is 0 Å². The second kappa shape index (κ2) is 12.7. The average Bonchev–Trinajstić information content (AvgIpc) is 2.77. The lowest BCUT2D eigenvalue weighted by atomic mass is 9.82. The van der Waals surface area contributed by atoms with Crippen LogP contribution in [0.4, 0.5) is 4.79 Å². The van der Waals surface area contributed by atoms with E-state index in [2.05, 4.69) is 27.2 Å². The zero-order valence-electron chi connectivity index (χ0n) is 23.6. The van der Waals surface area contributed by atoms with Crippen LogP contribution in [0, 0.1) is 0 Å². The van der Waals surface area contributed by atoms with Gasteiger partial charge in [0.1, 0.15) is 5.60 Å². The molecule has 0 aliphatic carbocycles. The van der Waals surface area contributed by atoms with Crippen molar-refractivity contribution < 1.29 is 13.7 Å². The van der Waals surface area contributed by atoms with Gasteiger partial charge >= 0.3 is 6.09 Å². The third-order valence-electron chi connectivity index (χ3n) is 6.00. The number of benzene rings is 2. The van der Waals surface area contributed by atoms with Crippen molar-refractivity contribution in [2.45, 2.75) is 90.2 Å². The summed E-state index contributed by atoms with van der Waals surface area (Å²) >= 11 is 3.49. The molecule has 0 aromatic heterocycles. The number of carbonyl (C=O) groups is 1. The first-order valence-electron chi connectivity index (χ1n) is 12.7. The average molecular weight is 592 g/mol. The van der Waals surface area contributed by atoms with Gasteiger partial charge in [-0.15, -0.1) is 6.58 Å². The maximum Gasteiger partial charge on any atom is 0.410 e. The van der Waals surface area contributed by atoms with Crippen LogP contribution in [0.1, 0.15) is 85.4 Å². The summed E-state index contributed by atoms with van der Waals surface area (Å²) in [6.07, 6.45) is 0.719. The highest BCUT2D eigenvalue weighted by Crippen LogP contribution is 2.35. The summed E-state index contributed by atoms with van der Waals surface area (Å²) in [5, 5.41) is 0. The van der Waals surface area contributed by atoms with E-state index in [0.29, 0.717) is 19.4 Å². The van der Waals surface area contributed by atoms with E-state index >= 15 is 0 Å².